The molecular formula is C10H9N3O. The Balaban J connectivity index is 2.58. The fourth-order valence-corrected chi connectivity index (χ4v) is 1.22. The molecule has 0 saturated heterocycles. The number of nitrogen functional groups attached to an aromatic ring is 1. The molecule has 0 aliphatic rings. The zero-order valence-electron chi connectivity index (χ0n) is 7.38. The van der Waals surface area contributed by atoms with Crippen molar-refractivity contribution in [2.75, 3.05) is 5.73 Å². The molecule has 14 heavy (non-hydrogen) atoms. The van der Waals surface area contributed by atoms with Crippen LogP contribution >= 0.6 is 0 Å². The van der Waals surface area contributed by atoms with Gasteiger partial charge in [-0.1, -0.05) is 12.1 Å². The first-order valence-corrected chi connectivity index (χ1v) is 4.14. The van der Waals surface area contributed by atoms with E-state index in [1.807, 2.05) is 0 Å². The van der Waals surface area contributed by atoms with E-state index >= 15 is 0 Å². The molecule has 1 heterocycles. The van der Waals surface area contributed by atoms with Crippen LogP contribution < -0.4 is 5.73 Å². The van der Waals surface area contributed by atoms with Crippen LogP contribution in [-0.4, -0.2) is 15.3 Å². The average molecular weight is 187 g/mol. The van der Waals surface area contributed by atoms with Crippen molar-refractivity contribution in [2.45, 2.75) is 0 Å². The maximum absolute atomic E-state index is 9.39. The van der Waals surface area contributed by atoms with E-state index < -0.39 is 0 Å². The molecule has 0 unspecified atom stereocenters. The molecule has 0 radical (unpaired) electrons. The summed E-state index contributed by atoms with van der Waals surface area (Å²) in [6.07, 6.45) is 1.59. The van der Waals surface area contributed by atoms with Gasteiger partial charge in [0.15, 0.2) is 0 Å². The molecule has 1 aromatic heterocycles. The van der Waals surface area contributed by atoms with E-state index in [0.717, 1.165) is 0 Å². The first-order chi connectivity index (χ1) is 6.79. The third-order valence-electron chi connectivity index (χ3n) is 1.93. The number of phenolic OH excluding ortho intramolecular Hbond substituents is 1. The molecule has 0 spiro atoms. The highest BCUT2D eigenvalue weighted by molar-refractivity contribution is 5.77. The van der Waals surface area contributed by atoms with Crippen molar-refractivity contribution in [2.24, 2.45) is 0 Å². The van der Waals surface area contributed by atoms with Gasteiger partial charge in [-0.3, -0.25) is 0 Å². The summed E-state index contributed by atoms with van der Waals surface area (Å²) in [6.45, 7) is 0. The molecule has 0 aliphatic carbocycles. The standard InChI is InChI=1S/C10H9N3O/c11-10-7(3-1-5-9(10)14)8-4-2-6-12-13-8/h1-6,14H,11H2. The van der Waals surface area contributed by atoms with Crippen LogP contribution in [-0.2, 0) is 0 Å². The van der Waals surface area contributed by atoms with E-state index in [0.29, 0.717) is 16.9 Å². The van der Waals surface area contributed by atoms with E-state index in [4.69, 9.17) is 5.73 Å². The van der Waals surface area contributed by atoms with Gasteiger partial charge in [0.05, 0.1) is 11.4 Å². The first-order valence-electron chi connectivity index (χ1n) is 4.14. The van der Waals surface area contributed by atoms with Gasteiger partial charge in [0.2, 0.25) is 0 Å². The number of aromatic hydroxyl groups is 1. The minimum atomic E-state index is 0.0631. The van der Waals surface area contributed by atoms with Crippen LogP contribution in [0, 0.1) is 0 Å². The third kappa shape index (κ3) is 1.37. The van der Waals surface area contributed by atoms with E-state index in [2.05, 4.69) is 10.2 Å². The van der Waals surface area contributed by atoms with Gasteiger partial charge in [-0.05, 0) is 18.2 Å². The predicted octanol–water partition coefficient (Wildman–Crippen LogP) is 1.43. The monoisotopic (exact) mass is 187 g/mol. The number of nitrogens with two attached hydrogens (primary N) is 1. The second kappa shape index (κ2) is 3.33. The van der Waals surface area contributed by atoms with Crippen molar-refractivity contribution >= 4 is 5.69 Å². The molecule has 0 saturated carbocycles. The van der Waals surface area contributed by atoms with Crippen molar-refractivity contribution in [1.29, 1.82) is 0 Å². The maximum atomic E-state index is 9.39. The Morgan fingerprint density at radius 1 is 1.14 bits per heavy atom. The number of hydrogen-bond donors (Lipinski definition) is 2. The van der Waals surface area contributed by atoms with Crippen molar-refractivity contribution in [3.05, 3.63) is 36.5 Å². The molecule has 0 aliphatic heterocycles. The first kappa shape index (κ1) is 8.50. The molecule has 0 atom stereocenters. The Labute approximate surface area is 81.0 Å². The lowest BCUT2D eigenvalue weighted by molar-refractivity contribution is 0.478. The molecule has 2 aromatic rings. The van der Waals surface area contributed by atoms with E-state index in [-0.39, 0.29) is 5.75 Å². The summed E-state index contributed by atoms with van der Waals surface area (Å²) >= 11 is 0. The van der Waals surface area contributed by atoms with Crippen molar-refractivity contribution in [3.63, 3.8) is 0 Å². The summed E-state index contributed by atoms with van der Waals surface area (Å²) in [5.41, 5.74) is 7.37. The van der Waals surface area contributed by atoms with Crippen LogP contribution in [0.25, 0.3) is 11.3 Å². The van der Waals surface area contributed by atoms with Gasteiger partial charge in [-0.2, -0.15) is 10.2 Å². The van der Waals surface area contributed by atoms with Crippen molar-refractivity contribution < 1.29 is 5.11 Å². The van der Waals surface area contributed by atoms with Gasteiger partial charge in [-0.15, -0.1) is 0 Å². The minimum absolute atomic E-state index is 0.0631. The summed E-state index contributed by atoms with van der Waals surface area (Å²) < 4.78 is 0. The molecule has 70 valence electrons. The molecule has 4 nitrogen and oxygen atoms in total. The molecule has 4 heteroatoms. The highest BCUT2D eigenvalue weighted by atomic mass is 16.3. The molecule has 2 rings (SSSR count). The molecule has 1 aromatic carbocycles. The highest BCUT2D eigenvalue weighted by Crippen LogP contribution is 2.30. The molecule has 0 amide bonds. The number of phenols is 1. The van der Waals surface area contributed by atoms with Crippen LogP contribution in [0.1, 0.15) is 0 Å². The Bertz CT molecular complexity index is 442. The van der Waals surface area contributed by atoms with E-state index in [9.17, 15) is 5.11 Å². The van der Waals surface area contributed by atoms with Crippen LogP contribution in [0.3, 0.4) is 0 Å². The lowest BCUT2D eigenvalue weighted by Crippen LogP contribution is -1.93. The zero-order chi connectivity index (χ0) is 9.97. The SMILES string of the molecule is Nc1c(O)cccc1-c1cccnn1. The fraction of sp³-hybridized carbons (Fsp3) is 0. The number of benzene rings is 1. The van der Waals surface area contributed by atoms with Gasteiger partial charge in [-0.25, -0.2) is 0 Å². The van der Waals surface area contributed by atoms with Gasteiger partial charge < -0.3 is 10.8 Å². The second-order valence-electron chi connectivity index (χ2n) is 2.85. The third-order valence-corrected chi connectivity index (χ3v) is 1.93. The summed E-state index contributed by atoms with van der Waals surface area (Å²) in [4.78, 5) is 0. The predicted molar refractivity (Wildman–Crippen MR) is 53.5 cm³/mol. The number of para-hydroxylation sites is 1. The average Bonchev–Trinajstić information content (AvgIpc) is 2.23. The zero-order valence-corrected chi connectivity index (χ0v) is 7.38. The quantitative estimate of drug-likeness (QED) is 0.523. The Hall–Kier alpha value is -2.10. The Morgan fingerprint density at radius 2 is 2.00 bits per heavy atom. The fourth-order valence-electron chi connectivity index (χ4n) is 1.22. The lowest BCUT2D eigenvalue weighted by Gasteiger charge is -2.04. The molecule has 3 N–H and O–H groups in total. The molecular weight excluding hydrogens is 178 g/mol. The summed E-state index contributed by atoms with van der Waals surface area (Å²) in [6, 6.07) is 8.61. The molecule has 0 bridgehead atoms. The maximum Gasteiger partial charge on any atom is 0.139 e. The van der Waals surface area contributed by atoms with Crippen LogP contribution in [0.5, 0.6) is 5.75 Å². The van der Waals surface area contributed by atoms with Crippen LogP contribution in [0.15, 0.2) is 36.5 Å². The number of hydrogen-bond acceptors (Lipinski definition) is 4. The topological polar surface area (TPSA) is 72.0 Å². The van der Waals surface area contributed by atoms with Gasteiger partial charge in [0.1, 0.15) is 5.75 Å². The Morgan fingerprint density at radius 3 is 2.71 bits per heavy atom. The highest BCUT2D eigenvalue weighted by Gasteiger charge is 2.06. The number of aromatic nitrogens is 2. The van der Waals surface area contributed by atoms with E-state index in [1.54, 1.807) is 30.5 Å². The normalized spacial score (nSPS) is 10.0. The van der Waals surface area contributed by atoms with Crippen molar-refractivity contribution in [1.82, 2.24) is 10.2 Å². The summed E-state index contributed by atoms with van der Waals surface area (Å²) in [5.74, 6) is 0.0631. The number of rotatable bonds is 1. The smallest absolute Gasteiger partial charge is 0.139 e. The molecule has 0 fully saturated rings. The lowest BCUT2D eigenvalue weighted by atomic mass is 10.1. The minimum Gasteiger partial charge on any atom is -0.506 e. The van der Waals surface area contributed by atoms with Gasteiger partial charge in [0.25, 0.3) is 0 Å². The van der Waals surface area contributed by atoms with Crippen molar-refractivity contribution in [3.8, 4) is 17.0 Å². The van der Waals surface area contributed by atoms with Gasteiger partial charge in [0, 0.05) is 11.8 Å². The Kier molecular flexibility index (Phi) is 2.02. The number of nitrogens with zero attached hydrogens (tertiary/aromatic N) is 2. The van der Waals surface area contributed by atoms with Gasteiger partial charge >= 0.3 is 0 Å². The van der Waals surface area contributed by atoms with Crippen LogP contribution in [0.2, 0.25) is 0 Å². The number of anilines is 1. The summed E-state index contributed by atoms with van der Waals surface area (Å²) in [5, 5.41) is 17.0. The van der Waals surface area contributed by atoms with E-state index in [1.165, 1.54) is 6.07 Å². The van der Waals surface area contributed by atoms with Crippen LogP contribution in [0.4, 0.5) is 5.69 Å². The second-order valence-corrected chi connectivity index (χ2v) is 2.85. The largest absolute Gasteiger partial charge is 0.506 e. The summed E-state index contributed by atoms with van der Waals surface area (Å²) in [7, 11) is 0.